The van der Waals surface area contributed by atoms with Crippen LogP contribution in [0.1, 0.15) is 11.1 Å². The van der Waals surface area contributed by atoms with Crippen LogP contribution in [-0.4, -0.2) is 19.1 Å². The molecule has 5 nitrogen and oxygen atoms in total. The maximum absolute atomic E-state index is 10.8. The third-order valence-electron chi connectivity index (χ3n) is 2.16. The standard InChI is InChI=1S/C9H10ClNO4S/c1-7-2-3-9(11(12)13)6-8(7)4-5-16(10,14)15/h2-3,6H,4-5H2,1H3. The van der Waals surface area contributed by atoms with Crippen LogP contribution in [0.15, 0.2) is 18.2 Å². The molecule has 0 spiro atoms. The summed E-state index contributed by atoms with van der Waals surface area (Å²) in [6.07, 6.45) is 0.180. The second-order valence-corrected chi connectivity index (χ2v) is 6.26. The average molecular weight is 264 g/mol. The SMILES string of the molecule is Cc1ccc([N+](=O)[O-])cc1CCS(=O)(=O)Cl. The van der Waals surface area contributed by atoms with Crippen molar-refractivity contribution >= 4 is 25.4 Å². The minimum Gasteiger partial charge on any atom is -0.258 e. The first-order valence-corrected chi connectivity index (χ1v) is 6.94. The Hall–Kier alpha value is -1.14. The molecule has 0 bridgehead atoms. The van der Waals surface area contributed by atoms with E-state index in [0.717, 1.165) is 5.56 Å². The van der Waals surface area contributed by atoms with Gasteiger partial charge in [0.1, 0.15) is 0 Å². The van der Waals surface area contributed by atoms with Crippen molar-refractivity contribution in [1.29, 1.82) is 0 Å². The topological polar surface area (TPSA) is 77.3 Å². The number of nitro groups is 1. The highest BCUT2D eigenvalue weighted by molar-refractivity contribution is 8.13. The van der Waals surface area contributed by atoms with Crippen LogP contribution in [0.2, 0.25) is 0 Å². The van der Waals surface area contributed by atoms with E-state index >= 15 is 0 Å². The molecule has 0 heterocycles. The first kappa shape index (κ1) is 12.9. The van der Waals surface area contributed by atoms with E-state index in [1.807, 2.05) is 0 Å². The number of aryl methyl sites for hydroxylation is 2. The second-order valence-electron chi connectivity index (χ2n) is 3.36. The van der Waals surface area contributed by atoms with Crippen LogP contribution in [0, 0.1) is 17.0 Å². The van der Waals surface area contributed by atoms with Crippen molar-refractivity contribution in [2.45, 2.75) is 13.3 Å². The minimum absolute atomic E-state index is 0.0485. The van der Waals surface area contributed by atoms with Crippen molar-refractivity contribution in [2.24, 2.45) is 0 Å². The fourth-order valence-corrected chi connectivity index (χ4v) is 1.97. The molecule has 0 aliphatic rings. The molecule has 0 N–H and O–H groups in total. The number of hydrogen-bond donors (Lipinski definition) is 0. The summed E-state index contributed by atoms with van der Waals surface area (Å²) in [4.78, 5) is 10.0. The van der Waals surface area contributed by atoms with E-state index in [2.05, 4.69) is 0 Å². The summed E-state index contributed by atoms with van der Waals surface area (Å²) in [6, 6.07) is 4.35. The third kappa shape index (κ3) is 3.79. The van der Waals surface area contributed by atoms with Crippen molar-refractivity contribution < 1.29 is 13.3 Å². The molecule has 0 saturated heterocycles. The Balaban J connectivity index is 2.95. The zero-order valence-electron chi connectivity index (χ0n) is 8.51. The van der Waals surface area contributed by atoms with E-state index in [4.69, 9.17) is 10.7 Å². The van der Waals surface area contributed by atoms with Gasteiger partial charge in [-0.2, -0.15) is 0 Å². The number of rotatable bonds is 4. The monoisotopic (exact) mass is 263 g/mol. The van der Waals surface area contributed by atoms with E-state index in [1.54, 1.807) is 13.0 Å². The molecular formula is C9H10ClNO4S. The first-order valence-electron chi connectivity index (χ1n) is 4.46. The lowest BCUT2D eigenvalue weighted by Gasteiger charge is -2.03. The molecule has 16 heavy (non-hydrogen) atoms. The van der Waals surface area contributed by atoms with Crippen molar-refractivity contribution in [3.63, 3.8) is 0 Å². The number of benzene rings is 1. The molecule has 0 fully saturated rings. The molecule has 0 amide bonds. The minimum atomic E-state index is -3.57. The number of nitrogens with zero attached hydrogens (tertiary/aromatic N) is 1. The van der Waals surface area contributed by atoms with Gasteiger partial charge in [0, 0.05) is 22.8 Å². The molecule has 0 unspecified atom stereocenters. The fourth-order valence-electron chi connectivity index (χ4n) is 1.27. The summed E-state index contributed by atoms with van der Waals surface area (Å²) < 4.78 is 21.5. The highest BCUT2D eigenvalue weighted by Crippen LogP contribution is 2.18. The number of nitro benzene ring substituents is 1. The van der Waals surface area contributed by atoms with Crippen LogP contribution in [-0.2, 0) is 15.5 Å². The Labute approximate surface area is 97.6 Å². The number of non-ortho nitro benzene ring substituents is 1. The summed E-state index contributed by atoms with van der Waals surface area (Å²) in [5.74, 6) is -0.226. The molecule has 1 aromatic rings. The average Bonchev–Trinajstić information content (AvgIpc) is 2.14. The van der Waals surface area contributed by atoms with E-state index < -0.39 is 14.0 Å². The quantitative estimate of drug-likeness (QED) is 0.473. The van der Waals surface area contributed by atoms with E-state index in [0.29, 0.717) is 5.56 Å². The molecule has 0 aromatic heterocycles. The van der Waals surface area contributed by atoms with Crippen molar-refractivity contribution in [1.82, 2.24) is 0 Å². The summed E-state index contributed by atoms with van der Waals surface area (Å²) in [5.41, 5.74) is 1.39. The lowest BCUT2D eigenvalue weighted by molar-refractivity contribution is -0.384. The second kappa shape index (κ2) is 4.80. The van der Waals surface area contributed by atoms with Gasteiger partial charge in [0.15, 0.2) is 0 Å². The maximum atomic E-state index is 10.8. The molecule has 1 rings (SSSR count). The van der Waals surface area contributed by atoms with Gasteiger partial charge in [-0.3, -0.25) is 10.1 Å². The Morgan fingerprint density at radius 1 is 1.44 bits per heavy atom. The highest BCUT2D eigenvalue weighted by atomic mass is 35.7. The van der Waals surface area contributed by atoms with Crippen molar-refractivity contribution in [2.75, 3.05) is 5.75 Å². The summed E-state index contributed by atoms with van der Waals surface area (Å²) in [6.45, 7) is 1.76. The van der Waals surface area contributed by atoms with Crippen LogP contribution in [0.4, 0.5) is 5.69 Å². The molecule has 0 aliphatic carbocycles. The Bertz CT molecular complexity index is 512. The lowest BCUT2D eigenvalue weighted by Crippen LogP contribution is -2.03. The van der Waals surface area contributed by atoms with E-state index in [1.165, 1.54) is 12.1 Å². The number of hydrogen-bond acceptors (Lipinski definition) is 4. The van der Waals surface area contributed by atoms with Crippen molar-refractivity contribution in [3.05, 3.63) is 39.4 Å². The molecule has 0 aliphatic heterocycles. The van der Waals surface area contributed by atoms with Crippen LogP contribution >= 0.6 is 10.7 Å². The van der Waals surface area contributed by atoms with Gasteiger partial charge in [-0.15, -0.1) is 0 Å². The first-order chi connectivity index (χ1) is 7.29. The molecule has 88 valence electrons. The Morgan fingerprint density at radius 2 is 2.06 bits per heavy atom. The highest BCUT2D eigenvalue weighted by Gasteiger charge is 2.11. The summed E-state index contributed by atoms with van der Waals surface area (Å²) >= 11 is 0. The molecule has 1 aromatic carbocycles. The van der Waals surface area contributed by atoms with Crippen molar-refractivity contribution in [3.8, 4) is 0 Å². The van der Waals surface area contributed by atoms with Crippen LogP contribution in [0.5, 0.6) is 0 Å². The summed E-state index contributed by atoms with van der Waals surface area (Å²) in [5, 5.41) is 10.5. The zero-order chi connectivity index (χ0) is 12.3. The number of halogens is 1. The fraction of sp³-hybridized carbons (Fsp3) is 0.333. The molecule has 7 heteroatoms. The normalized spacial score (nSPS) is 11.4. The van der Waals surface area contributed by atoms with Gasteiger partial charge < -0.3 is 0 Å². The Kier molecular flexibility index (Phi) is 3.88. The predicted octanol–water partition coefficient (Wildman–Crippen LogP) is 2.01. The van der Waals surface area contributed by atoms with Gasteiger partial charge >= 0.3 is 0 Å². The van der Waals surface area contributed by atoms with Crippen LogP contribution in [0.25, 0.3) is 0 Å². The smallest absolute Gasteiger partial charge is 0.258 e. The van der Waals surface area contributed by atoms with Crippen LogP contribution in [0.3, 0.4) is 0 Å². The van der Waals surface area contributed by atoms with Gasteiger partial charge in [-0.1, -0.05) is 6.07 Å². The van der Waals surface area contributed by atoms with Gasteiger partial charge in [-0.25, -0.2) is 8.42 Å². The molecule has 0 atom stereocenters. The van der Waals surface area contributed by atoms with E-state index in [9.17, 15) is 18.5 Å². The molecule has 0 saturated carbocycles. The van der Waals surface area contributed by atoms with Crippen LogP contribution < -0.4 is 0 Å². The molecule has 0 radical (unpaired) electrons. The lowest BCUT2D eigenvalue weighted by atomic mass is 10.1. The largest absolute Gasteiger partial charge is 0.269 e. The van der Waals surface area contributed by atoms with E-state index in [-0.39, 0.29) is 17.9 Å². The third-order valence-corrected chi connectivity index (χ3v) is 3.31. The molecular weight excluding hydrogens is 254 g/mol. The van der Waals surface area contributed by atoms with Gasteiger partial charge in [0.25, 0.3) is 5.69 Å². The Morgan fingerprint density at radius 3 is 2.56 bits per heavy atom. The predicted molar refractivity (Wildman–Crippen MR) is 61.2 cm³/mol. The van der Waals surface area contributed by atoms with Gasteiger partial charge in [-0.05, 0) is 24.5 Å². The van der Waals surface area contributed by atoms with Gasteiger partial charge in [0.2, 0.25) is 9.05 Å². The summed E-state index contributed by atoms with van der Waals surface area (Å²) in [7, 11) is 1.51. The zero-order valence-corrected chi connectivity index (χ0v) is 10.1. The van der Waals surface area contributed by atoms with Gasteiger partial charge in [0.05, 0.1) is 10.7 Å². The maximum Gasteiger partial charge on any atom is 0.269 e.